The van der Waals surface area contributed by atoms with Crippen molar-refractivity contribution in [3.8, 4) is 0 Å². The van der Waals surface area contributed by atoms with Gasteiger partial charge in [0.1, 0.15) is 5.82 Å². The highest BCUT2D eigenvalue weighted by Crippen LogP contribution is 2.10. The topological polar surface area (TPSA) is 68.3 Å². The summed E-state index contributed by atoms with van der Waals surface area (Å²) in [6.45, 7) is 1.79. The van der Waals surface area contributed by atoms with E-state index in [2.05, 4.69) is 31.0 Å². The standard InChI is InChI=1S/C9H9BrN2O3/c1-2-15-9(14)8(13)12-7-4-3-6(10)5-11-7/h3-5H,2H2,1H3,(H,11,12,13). The van der Waals surface area contributed by atoms with Gasteiger partial charge in [-0.15, -0.1) is 0 Å². The predicted octanol–water partition coefficient (Wildman–Crippen LogP) is 1.35. The van der Waals surface area contributed by atoms with E-state index in [4.69, 9.17) is 0 Å². The first-order chi connectivity index (χ1) is 7.13. The van der Waals surface area contributed by atoms with Crippen LogP contribution in [-0.4, -0.2) is 23.5 Å². The van der Waals surface area contributed by atoms with E-state index in [-0.39, 0.29) is 6.61 Å². The van der Waals surface area contributed by atoms with Crippen LogP contribution in [0, 0.1) is 0 Å². The lowest BCUT2D eigenvalue weighted by Crippen LogP contribution is -2.25. The molecule has 15 heavy (non-hydrogen) atoms. The molecule has 0 spiro atoms. The Kier molecular flexibility index (Phi) is 4.23. The van der Waals surface area contributed by atoms with Gasteiger partial charge in [-0.2, -0.15) is 0 Å². The zero-order chi connectivity index (χ0) is 11.3. The maximum absolute atomic E-state index is 11.1. The molecule has 0 bridgehead atoms. The van der Waals surface area contributed by atoms with E-state index in [0.29, 0.717) is 5.82 Å². The molecule has 1 aromatic heterocycles. The largest absolute Gasteiger partial charge is 0.459 e. The zero-order valence-electron chi connectivity index (χ0n) is 7.99. The molecule has 6 heteroatoms. The van der Waals surface area contributed by atoms with Crippen LogP contribution in [0.4, 0.5) is 5.82 Å². The fourth-order valence-corrected chi connectivity index (χ4v) is 1.05. The van der Waals surface area contributed by atoms with Gasteiger partial charge in [-0.3, -0.25) is 4.79 Å². The van der Waals surface area contributed by atoms with Gasteiger partial charge in [0.2, 0.25) is 0 Å². The minimum Gasteiger partial charge on any atom is -0.459 e. The lowest BCUT2D eigenvalue weighted by Gasteiger charge is -2.03. The molecule has 0 saturated carbocycles. The minimum atomic E-state index is -0.915. The van der Waals surface area contributed by atoms with E-state index < -0.39 is 11.9 Å². The van der Waals surface area contributed by atoms with E-state index >= 15 is 0 Å². The summed E-state index contributed by atoms with van der Waals surface area (Å²) in [6.07, 6.45) is 1.51. The van der Waals surface area contributed by atoms with Gasteiger partial charge >= 0.3 is 11.9 Å². The van der Waals surface area contributed by atoms with Crippen LogP contribution < -0.4 is 5.32 Å². The Bertz CT molecular complexity index is 364. The molecule has 1 N–H and O–H groups in total. The van der Waals surface area contributed by atoms with Crippen LogP contribution in [0.25, 0.3) is 0 Å². The number of carbonyl (C=O) groups is 2. The molecule has 5 nitrogen and oxygen atoms in total. The number of amides is 1. The van der Waals surface area contributed by atoms with Crippen molar-refractivity contribution in [3.63, 3.8) is 0 Å². The summed E-state index contributed by atoms with van der Waals surface area (Å²) in [5.41, 5.74) is 0. The average Bonchev–Trinajstić information content (AvgIpc) is 2.22. The SMILES string of the molecule is CCOC(=O)C(=O)Nc1ccc(Br)cn1. The second-order valence-corrected chi connectivity index (χ2v) is 3.45. The van der Waals surface area contributed by atoms with Crippen LogP contribution in [0.5, 0.6) is 0 Å². The second-order valence-electron chi connectivity index (χ2n) is 2.54. The molecular formula is C9H9BrN2O3. The lowest BCUT2D eigenvalue weighted by molar-refractivity contribution is -0.152. The minimum absolute atomic E-state index is 0.167. The lowest BCUT2D eigenvalue weighted by atomic mass is 10.4. The van der Waals surface area contributed by atoms with Crippen LogP contribution in [0.15, 0.2) is 22.8 Å². The Hall–Kier alpha value is -1.43. The number of hydrogen-bond acceptors (Lipinski definition) is 4. The summed E-state index contributed by atoms with van der Waals surface area (Å²) in [4.78, 5) is 26.0. The van der Waals surface area contributed by atoms with Gasteiger partial charge in [0.25, 0.3) is 0 Å². The van der Waals surface area contributed by atoms with Crippen molar-refractivity contribution in [1.82, 2.24) is 4.98 Å². The van der Waals surface area contributed by atoms with Crippen LogP contribution >= 0.6 is 15.9 Å². The smallest absolute Gasteiger partial charge is 0.397 e. The number of pyridine rings is 1. The third-order valence-electron chi connectivity index (χ3n) is 1.43. The van der Waals surface area contributed by atoms with Crippen LogP contribution in [-0.2, 0) is 14.3 Å². The first-order valence-electron chi connectivity index (χ1n) is 4.23. The molecule has 0 aromatic carbocycles. The molecular weight excluding hydrogens is 264 g/mol. The van der Waals surface area contributed by atoms with Crippen LogP contribution in [0.2, 0.25) is 0 Å². The van der Waals surface area contributed by atoms with Crippen molar-refractivity contribution < 1.29 is 14.3 Å². The summed E-state index contributed by atoms with van der Waals surface area (Å²) in [7, 11) is 0. The molecule has 0 saturated heterocycles. The number of rotatable bonds is 2. The first-order valence-corrected chi connectivity index (χ1v) is 5.02. The highest BCUT2D eigenvalue weighted by atomic mass is 79.9. The highest BCUT2D eigenvalue weighted by Gasteiger charge is 2.14. The van der Waals surface area contributed by atoms with Gasteiger partial charge in [-0.1, -0.05) is 0 Å². The summed E-state index contributed by atoms with van der Waals surface area (Å²) < 4.78 is 5.30. The van der Waals surface area contributed by atoms with Crippen molar-refractivity contribution in [1.29, 1.82) is 0 Å². The Morgan fingerprint density at radius 1 is 1.53 bits per heavy atom. The molecule has 0 fully saturated rings. The summed E-state index contributed by atoms with van der Waals surface area (Å²) >= 11 is 3.20. The van der Waals surface area contributed by atoms with Gasteiger partial charge in [0.15, 0.2) is 0 Å². The number of halogens is 1. The van der Waals surface area contributed by atoms with Crippen molar-refractivity contribution in [2.75, 3.05) is 11.9 Å². The maximum Gasteiger partial charge on any atom is 0.397 e. The summed E-state index contributed by atoms with van der Waals surface area (Å²) in [6, 6.07) is 3.27. The highest BCUT2D eigenvalue weighted by molar-refractivity contribution is 9.10. The molecule has 0 radical (unpaired) electrons. The van der Waals surface area contributed by atoms with Crippen molar-refractivity contribution in [3.05, 3.63) is 22.8 Å². The number of anilines is 1. The Morgan fingerprint density at radius 3 is 2.80 bits per heavy atom. The number of nitrogens with one attached hydrogen (secondary N) is 1. The van der Waals surface area contributed by atoms with Gasteiger partial charge in [-0.25, -0.2) is 9.78 Å². The quantitative estimate of drug-likeness (QED) is 0.652. The fourth-order valence-electron chi connectivity index (χ4n) is 0.814. The zero-order valence-corrected chi connectivity index (χ0v) is 9.58. The number of carbonyl (C=O) groups excluding carboxylic acids is 2. The van der Waals surface area contributed by atoms with E-state index in [1.807, 2.05) is 0 Å². The molecule has 80 valence electrons. The predicted molar refractivity (Wildman–Crippen MR) is 57.2 cm³/mol. The summed E-state index contributed by atoms with van der Waals surface area (Å²) in [5.74, 6) is -1.44. The Morgan fingerprint density at radius 2 is 2.27 bits per heavy atom. The number of esters is 1. The molecule has 0 atom stereocenters. The number of hydrogen-bond donors (Lipinski definition) is 1. The van der Waals surface area contributed by atoms with Gasteiger partial charge in [0.05, 0.1) is 6.61 Å². The molecule has 1 heterocycles. The molecule has 0 aliphatic rings. The van der Waals surface area contributed by atoms with E-state index in [1.165, 1.54) is 6.20 Å². The molecule has 0 unspecified atom stereocenters. The molecule has 1 amide bonds. The first kappa shape index (κ1) is 11.6. The average molecular weight is 273 g/mol. The third kappa shape index (κ3) is 3.67. The van der Waals surface area contributed by atoms with E-state index in [1.54, 1.807) is 19.1 Å². The van der Waals surface area contributed by atoms with E-state index in [9.17, 15) is 9.59 Å². The van der Waals surface area contributed by atoms with Crippen molar-refractivity contribution in [2.24, 2.45) is 0 Å². The van der Waals surface area contributed by atoms with Crippen LogP contribution in [0.3, 0.4) is 0 Å². The molecule has 1 rings (SSSR count). The third-order valence-corrected chi connectivity index (χ3v) is 1.90. The van der Waals surface area contributed by atoms with Crippen molar-refractivity contribution in [2.45, 2.75) is 6.92 Å². The summed E-state index contributed by atoms with van der Waals surface area (Å²) in [5, 5.41) is 2.31. The fraction of sp³-hybridized carbons (Fsp3) is 0.222. The Labute approximate surface area is 95.0 Å². The normalized spacial score (nSPS) is 9.47. The maximum atomic E-state index is 11.1. The second kappa shape index (κ2) is 5.45. The number of nitrogens with zero attached hydrogens (tertiary/aromatic N) is 1. The number of ether oxygens (including phenoxy) is 1. The molecule has 1 aromatic rings. The monoisotopic (exact) mass is 272 g/mol. The van der Waals surface area contributed by atoms with E-state index in [0.717, 1.165) is 4.47 Å². The van der Waals surface area contributed by atoms with Crippen molar-refractivity contribution >= 4 is 33.6 Å². The van der Waals surface area contributed by atoms with Gasteiger partial charge in [-0.05, 0) is 35.0 Å². The molecule has 0 aliphatic heterocycles. The van der Waals surface area contributed by atoms with Gasteiger partial charge < -0.3 is 10.1 Å². The van der Waals surface area contributed by atoms with Crippen LogP contribution in [0.1, 0.15) is 6.92 Å². The van der Waals surface area contributed by atoms with Gasteiger partial charge in [0, 0.05) is 10.7 Å². The Balaban J connectivity index is 2.58. The molecule has 0 aliphatic carbocycles. The number of aromatic nitrogens is 1.